The summed E-state index contributed by atoms with van der Waals surface area (Å²) in [5, 5.41) is 33.0. The highest BCUT2D eigenvalue weighted by molar-refractivity contribution is 5.92. The molecule has 0 radical (unpaired) electrons. The third-order valence-electron chi connectivity index (χ3n) is 2.81. The van der Waals surface area contributed by atoms with E-state index in [0.29, 0.717) is 0 Å². The molecule has 11 heteroatoms. The Morgan fingerprint density at radius 2 is 1.65 bits per heavy atom. The summed E-state index contributed by atoms with van der Waals surface area (Å²) < 4.78 is 0. The monoisotopic (exact) mass is 334 g/mol. The first-order valence-electron chi connectivity index (χ1n) is 6.74. The molecule has 0 aliphatic carbocycles. The van der Waals surface area contributed by atoms with Crippen LogP contribution >= 0.6 is 0 Å². The van der Waals surface area contributed by atoms with Crippen LogP contribution in [0.25, 0.3) is 0 Å². The molecule has 0 aromatic heterocycles. The van der Waals surface area contributed by atoms with Gasteiger partial charge in [0.1, 0.15) is 18.1 Å². The van der Waals surface area contributed by atoms with Gasteiger partial charge in [-0.1, -0.05) is 0 Å². The largest absolute Gasteiger partial charge is 0.480 e. The van der Waals surface area contributed by atoms with Gasteiger partial charge in [-0.05, 0) is 13.8 Å². The van der Waals surface area contributed by atoms with Crippen molar-refractivity contribution in [1.82, 2.24) is 16.0 Å². The summed E-state index contributed by atoms with van der Waals surface area (Å²) in [4.78, 5) is 45.3. The van der Waals surface area contributed by atoms with E-state index in [1.165, 1.54) is 13.8 Å². The van der Waals surface area contributed by atoms with Gasteiger partial charge in [-0.25, -0.2) is 4.79 Å². The fourth-order valence-electron chi connectivity index (χ4n) is 1.34. The molecule has 0 saturated carbocycles. The summed E-state index contributed by atoms with van der Waals surface area (Å²) in [5.41, 5.74) is 5.36. The summed E-state index contributed by atoms with van der Waals surface area (Å²) in [7, 11) is 0. The lowest BCUT2D eigenvalue weighted by Crippen LogP contribution is -2.54. The SMILES string of the molecule is CC(NC(=O)CNC(=O)C(N)C(C)O)C(=O)NC(CO)C(=O)O. The van der Waals surface area contributed by atoms with Crippen molar-refractivity contribution in [2.75, 3.05) is 13.2 Å². The predicted molar refractivity (Wildman–Crippen MR) is 76.9 cm³/mol. The van der Waals surface area contributed by atoms with E-state index in [4.69, 9.17) is 21.1 Å². The minimum Gasteiger partial charge on any atom is -0.480 e. The second-order valence-corrected chi connectivity index (χ2v) is 4.86. The average molecular weight is 334 g/mol. The number of aliphatic hydroxyl groups excluding tert-OH is 2. The fourth-order valence-corrected chi connectivity index (χ4v) is 1.34. The Labute approximate surface area is 132 Å². The zero-order valence-electron chi connectivity index (χ0n) is 12.8. The van der Waals surface area contributed by atoms with E-state index < -0.39 is 61.1 Å². The smallest absolute Gasteiger partial charge is 0.328 e. The molecule has 0 aromatic rings. The molecule has 0 rings (SSSR count). The zero-order valence-corrected chi connectivity index (χ0v) is 12.8. The van der Waals surface area contributed by atoms with Crippen molar-refractivity contribution >= 4 is 23.7 Å². The Hall–Kier alpha value is -2.24. The van der Waals surface area contributed by atoms with E-state index in [-0.39, 0.29) is 0 Å². The van der Waals surface area contributed by atoms with Crippen LogP contribution in [0.15, 0.2) is 0 Å². The number of amides is 3. The molecule has 0 aliphatic rings. The maximum absolute atomic E-state index is 11.6. The summed E-state index contributed by atoms with van der Waals surface area (Å²) in [5.74, 6) is -3.68. The summed E-state index contributed by atoms with van der Waals surface area (Å²) in [6.07, 6.45) is -1.09. The molecule has 0 aliphatic heterocycles. The van der Waals surface area contributed by atoms with Crippen LogP contribution in [0.2, 0.25) is 0 Å². The second kappa shape index (κ2) is 9.71. The van der Waals surface area contributed by atoms with E-state index in [0.717, 1.165) is 0 Å². The number of aliphatic carboxylic acids is 1. The molecule has 4 atom stereocenters. The van der Waals surface area contributed by atoms with E-state index in [2.05, 4.69) is 10.6 Å². The Morgan fingerprint density at radius 3 is 2.09 bits per heavy atom. The molecule has 4 unspecified atom stereocenters. The van der Waals surface area contributed by atoms with E-state index in [1.807, 2.05) is 5.32 Å². The van der Waals surface area contributed by atoms with Gasteiger partial charge in [-0.2, -0.15) is 0 Å². The Kier molecular flexibility index (Phi) is 8.77. The molecule has 0 saturated heterocycles. The van der Waals surface area contributed by atoms with Gasteiger partial charge in [0, 0.05) is 0 Å². The molecule has 8 N–H and O–H groups in total. The van der Waals surface area contributed by atoms with Crippen LogP contribution in [0, 0.1) is 0 Å². The minimum absolute atomic E-state index is 0.473. The lowest BCUT2D eigenvalue weighted by atomic mass is 10.2. The van der Waals surface area contributed by atoms with Crippen molar-refractivity contribution in [2.24, 2.45) is 5.73 Å². The lowest BCUT2D eigenvalue weighted by molar-refractivity contribution is -0.143. The van der Waals surface area contributed by atoms with Crippen molar-refractivity contribution in [1.29, 1.82) is 0 Å². The lowest BCUT2D eigenvalue weighted by Gasteiger charge is -2.18. The number of aliphatic hydroxyl groups is 2. The van der Waals surface area contributed by atoms with Crippen molar-refractivity contribution in [2.45, 2.75) is 38.1 Å². The molecule has 0 heterocycles. The van der Waals surface area contributed by atoms with Gasteiger partial charge in [0.25, 0.3) is 0 Å². The van der Waals surface area contributed by atoms with Gasteiger partial charge in [-0.15, -0.1) is 0 Å². The van der Waals surface area contributed by atoms with Crippen molar-refractivity contribution in [3.05, 3.63) is 0 Å². The Morgan fingerprint density at radius 1 is 1.09 bits per heavy atom. The number of carboxylic acids is 1. The Bertz CT molecular complexity index is 455. The fraction of sp³-hybridized carbons (Fsp3) is 0.667. The highest BCUT2D eigenvalue weighted by Gasteiger charge is 2.24. The standard InChI is InChI=1S/C12H22N4O7/c1-5(10(20)16-7(4-17)12(22)23)15-8(19)3-14-11(21)9(13)6(2)18/h5-7,9,17-18H,3-4,13H2,1-2H3,(H,14,21)(H,15,19)(H,16,20)(H,22,23). The average Bonchev–Trinajstić information content (AvgIpc) is 2.48. The van der Waals surface area contributed by atoms with Crippen molar-refractivity contribution in [3.8, 4) is 0 Å². The van der Waals surface area contributed by atoms with Gasteiger partial charge < -0.3 is 37.0 Å². The van der Waals surface area contributed by atoms with Crippen LogP contribution in [0.1, 0.15) is 13.8 Å². The summed E-state index contributed by atoms with van der Waals surface area (Å²) >= 11 is 0. The molecule has 132 valence electrons. The van der Waals surface area contributed by atoms with Gasteiger partial charge in [-0.3, -0.25) is 14.4 Å². The number of carboxylic acid groups (broad SMARTS) is 1. The van der Waals surface area contributed by atoms with Gasteiger partial charge >= 0.3 is 5.97 Å². The second-order valence-electron chi connectivity index (χ2n) is 4.86. The summed E-state index contributed by atoms with van der Waals surface area (Å²) in [6.45, 7) is 1.35. The van der Waals surface area contributed by atoms with E-state index in [9.17, 15) is 19.2 Å². The number of hydrogen-bond donors (Lipinski definition) is 7. The summed E-state index contributed by atoms with van der Waals surface area (Å²) in [6, 6.07) is -3.76. The number of carbonyl (C=O) groups excluding carboxylic acids is 3. The van der Waals surface area contributed by atoms with Crippen LogP contribution in [0.5, 0.6) is 0 Å². The first-order valence-corrected chi connectivity index (χ1v) is 6.74. The van der Waals surface area contributed by atoms with Crippen LogP contribution in [-0.4, -0.2) is 76.4 Å². The van der Waals surface area contributed by atoms with Crippen molar-refractivity contribution in [3.63, 3.8) is 0 Å². The highest BCUT2D eigenvalue weighted by Crippen LogP contribution is 1.89. The highest BCUT2D eigenvalue weighted by atomic mass is 16.4. The molecule has 0 fully saturated rings. The quantitative estimate of drug-likeness (QED) is 0.221. The van der Waals surface area contributed by atoms with Crippen LogP contribution in [0.3, 0.4) is 0 Å². The first kappa shape index (κ1) is 20.8. The first-order chi connectivity index (χ1) is 10.6. The Balaban J connectivity index is 4.31. The van der Waals surface area contributed by atoms with Crippen LogP contribution in [0.4, 0.5) is 0 Å². The zero-order chi connectivity index (χ0) is 18.2. The maximum atomic E-state index is 11.6. The van der Waals surface area contributed by atoms with Gasteiger partial charge in [0.05, 0.1) is 19.3 Å². The predicted octanol–water partition coefficient (Wildman–Crippen LogP) is -4.12. The van der Waals surface area contributed by atoms with Crippen LogP contribution < -0.4 is 21.7 Å². The molecule has 0 spiro atoms. The third-order valence-corrected chi connectivity index (χ3v) is 2.81. The van der Waals surface area contributed by atoms with Crippen LogP contribution in [-0.2, 0) is 19.2 Å². The molecular weight excluding hydrogens is 312 g/mol. The molecular formula is C12H22N4O7. The van der Waals surface area contributed by atoms with Gasteiger partial charge in [0.15, 0.2) is 0 Å². The van der Waals surface area contributed by atoms with E-state index in [1.54, 1.807) is 0 Å². The third kappa shape index (κ3) is 7.54. The number of carbonyl (C=O) groups is 4. The molecule has 0 bridgehead atoms. The molecule has 11 nitrogen and oxygen atoms in total. The topological polar surface area (TPSA) is 191 Å². The normalized spacial score (nSPS) is 15.7. The van der Waals surface area contributed by atoms with Crippen molar-refractivity contribution < 1.29 is 34.5 Å². The number of hydrogen-bond acceptors (Lipinski definition) is 7. The van der Waals surface area contributed by atoms with E-state index >= 15 is 0 Å². The number of nitrogens with one attached hydrogen (secondary N) is 3. The number of nitrogens with two attached hydrogens (primary N) is 1. The van der Waals surface area contributed by atoms with Gasteiger partial charge in [0.2, 0.25) is 17.7 Å². The number of rotatable bonds is 9. The molecule has 3 amide bonds. The minimum atomic E-state index is -1.48. The molecule has 23 heavy (non-hydrogen) atoms. The maximum Gasteiger partial charge on any atom is 0.328 e. The molecule has 0 aromatic carbocycles.